The van der Waals surface area contributed by atoms with Crippen LogP contribution in [0.4, 0.5) is 8.78 Å². The largest absolute Gasteiger partial charge is 0.391 e. The molecule has 0 aromatic carbocycles. The minimum absolute atomic E-state index is 0.221. The number of alkyl halides is 2. The fraction of sp³-hybridized carbons (Fsp3) is 1.00. The highest BCUT2D eigenvalue weighted by molar-refractivity contribution is 4.81. The Labute approximate surface area is 56.2 Å². The minimum atomic E-state index is -2.95. The molecule has 0 aromatic heterocycles. The second kappa shape index (κ2) is 2.41. The van der Waals surface area contributed by atoms with Crippen LogP contribution in [-0.2, 0) is 4.74 Å². The van der Waals surface area contributed by atoms with Crippen LogP contribution in [0.15, 0.2) is 0 Å². The summed E-state index contributed by atoms with van der Waals surface area (Å²) in [7, 11) is 0. The summed E-state index contributed by atoms with van der Waals surface area (Å²) in [5.74, 6) is -2.42. The molecule has 60 valence electrons. The molecule has 2 atom stereocenters. The number of hydrogen-bond donors (Lipinski definition) is 2. The maximum absolute atomic E-state index is 11.8. The summed E-state index contributed by atoms with van der Waals surface area (Å²) in [6.45, 7) is -0.221. The van der Waals surface area contributed by atoms with Gasteiger partial charge in [0.05, 0.1) is 12.7 Å². The van der Waals surface area contributed by atoms with Gasteiger partial charge in [0.2, 0.25) is 5.79 Å². The number of rotatable bonds is 1. The number of aliphatic hydroxyl groups excluding tert-OH is 1. The average molecular weight is 154 g/mol. The standard InChI is InChI=1S/C5H8F2O3/c6-4(7)5(9)1-3(8)2-10-5/h3-4,8-9H,1-2H2/t3-,5-/m0/s1. The molecular weight excluding hydrogens is 146 g/mol. The zero-order chi connectivity index (χ0) is 7.78. The molecule has 1 saturated heterocycles. The third-order valence-corrected chi connectivity index (χ3v) is 1.39. The fourth-order valence-corrected chi connectivity index (χ4v) is 0.848. The maximum atomic E-state index is 11.8. The Morgan fingerprint density at radius 2 is 2.20 bits per heavy atom. The first-order valence-corrected chi connectivity index (χ1v) is 2.87. The van der Waals surface area contributed by atoms with Gasteiger partial charge >= 0.3 is 0 Å². The van der Waals surface area contributed by atoms with E-state index in [1.807, 2.05) is 0 Å². The van der Waals surface area contributed by atoms with E-state index in [1.54, 1.807) is 0 Å². The lowest BCUT2D eigenvalue weighted by atomic mass is 10.2. The van der Waals surface area contributed by atoms with Crippen molar-refractivity contribution in [2.24, 2.45) is 0 Å². The van der Waals surface area contributed by atoms with Crippen LogP contribution in [0.3, 0.4) is 0 Å². The second-order valence-corrected chi connectivity index (χ2v) is 2.31. The van der Waals surface area contributed by atoms with Crippen LogP contribution in [0, 0.1) is 0 Å². The molecule has 5 heteroatoms. The van der Waals surface area contributed by atoms with Gasteiger partial charge in [-0.3, -0.25) is 0 Å². The summed E-state index contributed by atoms with van der Waals surface area (Å²) in [6, 6.07) is 0. The molecule has 0 amide bonds. The second-order valence-electron chi connectivity index (χ2n) is 2.31. The van der Waals surface area contributed by atoms with Crippen LogP contribution in [-0.4, -0.2) is 35.1 Å². The lowest BCUT2D eigenvalue weighted by molar-refractivity contribution is -0.243. The zero-order valence-corrected chi connectivity index (χ0v) is 5.13. The van der Waals surface area contributed by atoms with Crippen molar-refractivity contribution in [2.45, 2.75) is 24.7 Å². The van der Waals surface area contributed by atoms with Gasteiger partial charge in [-0.15, -0.1) is 0 Å². The fourth-order valence-electron chi connectivity index (χ4n) is 0.848. The Hall–Kier alpha value is -0.260. The summed E-state index contributed by atoms with van der Waals surface area (Å²) >= 11 is 0. The van der Waals surface area contributed by atoms with E-state index >= 15 is 0 Å². The molecule has 10 heavy (non-hydrogen) atoms. The van der Waals surface area contributed by atoms with E-state index < -0.39 is 24.7 Å². The van der Waals surface area contributed by atoms with Crippen LogP contribution < -0.4 is 0 Å². The first-order chi connectivity index (χ1) is 4.54. The van der Waals surface area contributed by atoms with Crippen molar-refractivity contribution in [3.63, 3.8) is 0 Å². The Morgan fingerprint density at radius 3 is 2.40 bits per heavy atom. The summed E-state index contributed by atoms with van der Waals surface area (Å²) < 4.78 is 27.9. The third-order valence-electron chi connectivity index (χ3n) is 1.39. The van der Waals surface area contributed by atoms with E-state index in [1.165, 1.54) is 0 Å². The molecule has 3 nitrogen and oxygen atoms in total. The zero-order valence-electron chi connectivity index (χ0n) is 5.13. The molecule has 1 heterocycles. The lowest BCUT2D eigenvalue weighted by Gasteiger charge is -2.19. The highest BCUT2D eigenvalue weighted by Gasteiger charge is 2.45. The lowest BCUT2D eigenvalue weighted by Crippen LogP contribution is -2.36. The van der Waals surface area contributed by atoms with E-state index in [2.05, 4.69) is 4.74 Å². The number of aliphatic hydroxyl groups is 2. The summed E-state index contributed by atoms with van der Waals surface area (Å²) in [4.78, 5) is 0. The number of ether oxygens (including phenoxy) is 1. The molecule has 1 rings (SSSR count). The normalized spacial score (nSPS) is 41.1. The van der Waals surface area contributed by atoms with Gasteiger partial charge in [-0.25, -0.2) is 8.78 Å². The van der Waals surface area contributed by atoms with Crippen molar-refractivity contribution in [1.29, 1.82) is 0 Å². The molecule has 0 radical (unpaired) electrons. The smallest absolute Gasteiger partial charge is 0.291 e. The van der Waals surface area contributed by atoms with Gasteiger partial charge in [0.1, 0.15) is 0 Å². The molecule has 1 aliphatic heterocycles. The molecule has 1 fully saturated rings. The van der Waals surface area contributed by atoms with Gasteiger partial charge in [-0.2, -0.15) is 0 Å². The van der Waals surface area contributed by atoms with Gasteiger partial charge < -0.3 is 14.9 Å². The summed E-state index contributed by atoms with van der Waals surface area (Å²) in [5.41, 5.74) is 0. The number of halogens is 2. The van der Waals surface area contributed by atoms with Crippen molar-refractivity contribution >= 4 is 0 Å². The molecule has 2 N–H and O–H groups in total. The van der Waals surface area contributed by atoms with Gasteiger partial charge in [0.25, 0.3) is 6.43 Å². The van der Waals surface area contributed by atoms with Crippen molar-refractivity contribution in [3.8, 4) is 0 Å². The highest BCUT2D eigenvalue weighted by atomic mass is 19.3. The summed E-state index contributed by atoms with van der Waals surface area (Å²) in [5, 5.41) is 17.5. The van der Waals surface area contributed by atoms with Crippen molar-refractivity contribution in [3.05, 3.63) is 0 Å². The molecule has 0 unspecified atom stereocenters. The summed E-state index contributed by atoms with van der Waals surface area (Å²) in [6.07, 6.45) is -4.34. The molecule has 0 spiro atoms. The Bertz CT molecular complexity index is 130. The molecule has 1 aliphatic rings. The Balaban J connectivity index is 2.54. The predicted octanol–water partition coefficient (Wildman–Crippen LogP) is -0.279. The minimum Gasteiger partial charge on any atom is -0.391 e. The molecule has 0 aromatic rings. The van der Waals surface area contributed by atoms with Gasteiger partial charge in [0, 0.05) is 6.42 Å². The van der Waals surface area contributed by atoms with Crippen LogP contribution in [0.2, 0.25) is 0 Å². The predicted molar refractivity (Wildman–Crippen MR) is 27.5 cm³/mol. The van der Waals surface area contributed by atoms with Crippen LogP contribution in [0.5, 0.6) is 0 Å². The van der Waals surface area contributed by atoms with Crippen LogP contribution >= 0.6 is 0 Å². The third kappa shape index (κ3) is 1.25. The quantitative estimate of drug-likeness (QED) is 0.546. The van der Waals surface area contributed by atoms with Crippen molar-refractivity contribution < 1.29 is 23.7 Å². The van der Waals surface area contributed by atoms with Gasteiger partial charge in [0.15, 0.2) is 0 Å². The van der Waals surface area contributed by atoms with Crippen LogP contribution in [0.1, 0.15) is 6.42 Å². The molecule has 0 aliphatic carbocycles. The number of hydrogen-bond acceptors (Lipinski definition) is 3. The van der Waals surface area contributed by atoms with Crippen molar-refractivity contribution in [2.75, 3.05) is 6.61 Å². The highest BCUT2D eigenvalue weighted by Crippen LogP contribution is 2.28. The average Bonchev–Trinajstić information content (AvgIpc) is 2.13. The van der Waals surface area contributed by atoms with Gasteiger partial charge in [-0.05, 0) is 0 Å². The first kappa shape index (κ1) is 7.84. The Morgan fingerprint density at radius 1 is 1.60 bits per heavy atom. The topological polar surface area (TPSA) is 49.7 Å². The van der Waals surface area contributed by atoms with Crippen molar-refractivity contribution in [1.82, 2.24) is 0 Å². The van der Waals surface area contributed by atoms with E-state index in [4.69, 9.17) is 10.2 Å². The van der Waals surface area contributed by atoms with Gasteiger partial charge in [-0.1, -0.05) is 0 Å². The molecule has 0 saturated carbocycles. The molecule has 0 bridgehead atoms. The van der Waals surface area contributed by atoms with E-state index in [9.17, 15) is 8.78 Å². The first-order valence-electron chi connectivity index (χ1n) is 2.87. The van der Waals surface area contributed by atoms with E-state index in [0.29, 0.717) is 0 Å². The maximum Gasteiger partial charge on any atom is 0.291 e. The monoisotopic (exact) mass is 154 g/mol. The van der Waals surface area contributed by atoms with E-state index in [0.717, 1.165) is 0 Å². The SMILES string of the molecule is O[C@@H]1CO[C@](O)(C(F)F)C1. The van der Waals surface area contributed by atoms with E-state index in [-0.39, 0.29) is 6.61 Å². The molecular formula is C5H8F2O3. The Kier molecular flexibility index (Phi) is 1.89. The van der Waals surface area contributed by atoms with Crippen LogP contribution in [0.25, 0.3) is 0 Å².